The molecule has 0 aliphatic rings. The van der Waals surface area contributed by atoms with E-state index < -0.39 is 30.3 Å². The van der Waals surface area contributed by atoms with Crippen molar-refractivity contribution in [3.63, 3.8) is 0 Å². The quantitative estimate of drug-likeness (QED) is 0.641. The molecule has 2 N–H and O–H groups in total. The van der Waals surface area contributed by atoms with Crippen LogP contribution in [0.15, 0.2) is 46.2 Å². The van der Waals surface area contributed by atoms with Gasteiger partial charge in [0.1, 0.15) is 5.76 Å². The van der Waals surface area contributed by atoms with Crippen LogP contribution in [0.1, 0.15) is 28.6 Å². The van der Waals surface area contributed by atoms with E-state index in [-0.39, 0.29) is 6.42 Å². The van der Waals surface area contributed by atoms with E-state index in [0.29, 0.717) is 22.9 Å². The molecule has 2 aromatic heterocycles. The number of aromatic nitrogens is 1. The Morgan fingerprint density at radius 2 is 2.00 bits per heavy atom. The minimum atomic E-state index is -4.44. The molecule has 0 spiro atoms. The van der Waals surface area contributed by atoms with E-state index in [9.17, 15) is 23.1 Å². The lowest BCUT2D eigenvalue weighted by molar-refractivity contribution is -0.137. The molecule has 3 rings (SSSR count). The first-order valence-corrected chi connectivity index (χ1v) is 9.23. The zero-order valence-electron chi connectivity index (χ0n) is 14.8. The third-order valence-electron chi connectivity index (χ3n) is 4.11. The molecule has 3 aromatic rings. The number of carbonyl (C=O) groups is 1. The van der Waals surface area contributed by atoms with Gasteiger partial charge in [-0.05, 0) is 36.1 Å². The predicted molar refractivity (Wildman–Crippen MR) is 97.7 cm³/mol. The molecule has 1 amide bonds. The number of oxazole rings is 1. The number of amides is 1. The summed E-state index contributed by atoms with van der Waals surface area (Å²) in [7, 11) is 0. The largest absolute Gasteiger partial charge is 0.440 e. The summed E-state index contributed by atoms with van der Waals surface area (Å²) >= 11 is 1.46. The first kappa shape index (κ1) is 20.1. The fraction of sp³-hybridized carbons (Fsp3) is 0.263. The molecule has 1 atom stereocenters. The van der Waals surface area contributed by atoms with Crippen LogP contribution in [0.2, 0.25) is 0 Å². The van der Waals surface area contributed by atoms with Gasteiger partial charge in [-0.2, -0.15) is 13.2 Å². The molecule has 9 heteroatoms. The van der Waals surface area contributed by atoms with Crippen LogP contribution in [0.25, 0.3) is 10.8 Å². The van der Waals surface area contributed by atoms with E-state index in [0.717, 1.165) is 17.0 Å². The smallest absolute Gasteiger partial charge is 0.416 e. The highest BCUT2D eigenvalue weighted by atomic mass is 32.1. The summed E-state index contributed by atoms with van der Waals surface area (Å²) in [5, 5.41) is 14.0. The summed E-state index contributed by atoms with van der Waals surface area (Å²) in [5.74, 6) is 0.512. The molecule has 2 heterocycles. The highest BCUT2D eigenvalue weighted by Crippen LogP contribution is 2.30. The van der Waals surface area contributed by atoms with E-state index in [4.69, 9.17) is 4.42 Å². The Balaban J connectivity index is 1.68. The number of rotatable bonds is 6. The third-order valence-corrected chi connectivity index (χ3v) is 4.97. The van der Waals surface area contributed by atoms with Gasteiger partial charge in [0.15, 0.2) is 0 Å². The third kappa shape index (κ3) is 4.60. The maximum Gasteiger partial charge on any atom is 0.416 e. The second-order valence-electron chi connectivity index (χ2n) is 6.10. The Morgan fingerprint density at radius 3 is 2.57 bits per heavy atom. The number of nitrogens with one attached hydrogen (secondary N) is 1. The number of aliphatic hydroxyl groups is 1. The molecular weight excluding hydrogens is 393 g/mol. The Labute approximate surface area is 162 Å². The molecule has 0 saturated heterocycles. The van der Waals surface area contributed by atoms with E-state index in [2.05, 4.69) is 10.3 Å². The van der Waals surface area contributed by atoms with Gasteiger partial charge in [0.05, 0.1) is 35.2 Å². The van der Waals surface area contributed by atoms with Gasteiger partial charge >= 0.3 is 6.18 Å². The summed E-state index contributed by atoms with van der Waals surface area (Å²) in [6, 6.07) is 7.20. The monoisotopic (exact) mass is 410 g/mol. The van der Waals surface area contributed by atoms with Crippen molar-refractivity contribution in [2.75, 3.05) is 6.61 Å². The van der Waals surface area contributed by atoms with E-state index in [1.54, 1.807) is 6.92 Å². The van der Waals surface area contributed by atoms with E-state index >= 15 is 0 Å². The average molecular weight is 410 g/mol. The van der Waals surface area contributed by atoms with Gasteiger partial charge in [-0.25, -0.2) is 4.98 Å². The molecule has 148 valence electrons. The summed E-state index contributed by atoms with van der Waals surface area (Å²) in [6.45, 7) is 1.25. The SMILES string of the molecule is Cc1oc(-c2cccs2)nc1CC(=O)NC(CO)c1ccc(C(F)(F)F)cc1. The van der Waals surface area contributed by atoms with Crippen molar-refractivity contribution in [2.24, 2.45) is 0 Å². The Hall–Kier alpha value is -2.65. The molecule has 28 heavy (non-hydrogen) atoms. The zero-order valence-corrected chi connectivity index (χ0v) is 15.6. The predicted octanol–water partition coefficient (Wildman–Crippen LogP) is 4.12. The van der Waals surface area contributed by atoms with Gasteiger partial charge in [-0.15, -0.1) is 11.3 Å². The summed E-state index contributed by atoms with van der Waals surface area (Å²) in [5.41, 5.74) is 0.0450. The molecule has 5 nitrogen and oxygen atoms in total. The Morgan fingerprint density at radius 1 is 1.29 bits per heavy atom. The van der Waals surface area contributed by atoms with Crippen molar-refractivity contribution >= 4 is 17.2 Å². The number of hydrogen-bond donors (Lipinski definition) is 2. The number of aryl methyl sites for hydroxylation is 1. The number of benzene rings is 1. The average Bonchev–Trinajstić information content (AvgIpc) is 3.29. The summed E-state index contributed by atoms with van der Waals surface area (Å²) in [4.78, 5) is 17.5. The van der Waals surface area contributed by atoms with Crippen LogP contribution < -0.4 is 5.32 Å². The normalized spacial score (nSPS) is 12.8. The van der Waals surface area contributed by atoms with Crippen molar-refractivity contribution in [3.8, 4) is 10.8 Å². The van der Waals surface area contributed by atoms with Crippen molar-refractivity contribution in [3.05, 3.63) is 64.4 Å². The number of hydrogen-bond acceptors (Lipinski definition) is 5. The molecule has 1 unspecified atom stereocenters. The second kappa shape index (κ2) is 8.15. The van der Waals surface area contributed by atoms with Gasteiger partial charge in [-0.1, -0.05) is 18.2 Å². The lowest BCUT2D eigenvalue weighted by Crippen LogP contribution is -2.32. The molecule has 0 radical (unpaired) electrons. The lowest BCUT2D eigenvalue weighted by atomic mass is 10.0. The van der Waals surface area contributed by atoms with Crippen LogP contribution in [0.4, 0.5) is 13.2 Å². The molecule has 1 aromatic carbocycles. The summed E-state index contributed by atoms with van der Waals surface area (Å²) in [6.07, 6.45) is -4.51. The number of nitrogens with zero attached hydrogens (tertiary/aromatic N) is 1. The van der Waals surface area contributed by atoms with Crippen molar-refractivity contribution in [1.29, 1.82) is 0 Å². The topological polar surface area (TPSA) is 75.4 Å². The standard InChI is InChI=1S/C19H17F3N2O3S/c1-11-14(24-18(27-11)16-3-2-8-28-16)9-17(26)23-15(10-25)12-4-6-13(7-5-12)19(20,21)22/h2-8,15,25H,9-10H2,1H3,(H,23,26). The molecule has 0 fully saturated rings. The van der Waals surface area contributed by atoms with Crippen LogP contribution in [-0.2, 0) is 17.4 Å². The van der Waals surface area contributed by atoms with Crippen molar-refractivity contribution in [1.82, 2.24) is 10.3 Å². The fourth-order valence-electron chi connectivity index (χ4n) is 2.63. The van der Waals surface area contributed by atoms with Crippen molar-refractivity contribution < 1.29 is 27.5 Å². The van der Waals surface area contributed by atoms with Gasteiger partial charge in [0, 0.05) is 0 Å². The zero-order chi connectivity index (χ0) is 20.3. The highest BCUT2D eigenvalue weighted by molar-refractivity contribution is 7.13. The van der Waals surface area contributed by atoms with Crippen molar-refractivity contribution in [2.45, 2.75) is 25.6 Å². The maximum atomic E-state index is 12.7. The fourth-order valence-corrected chi connectivity index (χ4v) is 3.28. The van der Waals surface area contributed by atoms with E-state index in [1.807, 2.05) is 17.5 Å². The Kier molecular flexibility index (Phi) is 5.85. The number of carbonyl (C=O) groups excluding carboxylic acids is 1. The first-order valence-electron chi connectivity index (χ1n) is 8.35. The Bertz CT molecular complexity index is 934. The number of thiophene rings is 1. The van der Waals surface area contributed by atoms with Crippen LogP contribution in [-0.4, -0.2) is 22.6 Å². The second-order valence-corrected chi connectivity index (χ2v) is 7.05. The minimum absolute atomic E-state index is 0.0716. The van der Waals surface area contributed by atoms with Crippen LogP contribution in [0, 0.1) is 6.92 Å². The minimum Gasteiger partial charge on any atom is -0.440 e. The number of halogens is 3. The van der Waals surface area contributed by atoms with Gasteiger partial charge in [-0.3, -0.25) is 4.79 Å². The number of aliphatic hydroxyl groups excluding tert-OH is 1. The van der Waals surface area contributed by atoms with Gasteiger partial charge in [0.25, 0.3) is 0 Å². The molecule has 0 aliphatic heterocycles. The number of alkyl halides is 3. The first-order chi connectivity index (χ1) is 13.3. The van der Waals surface area contributed by atoms with Crippen LogP contribution in [0.3, 0.4) is 0 Å². The molecule has 0 saturated carbocycles. The lowest BCUT2D eigenvalue weighted by Gasteiger charge is -2.17. The molecular formula is C19H17F3N2O3S. The van der Waals surface area contributed by atoms with Gasteiger partial charge in [0.2, 0.25) is 11.8 Å². The molecule has 0 aliphatic carbocycles. The molecule has 0 bridgehead atoms. The highest BCUT2D eigenvalue weighted by Gasteiger charge is 2.30. The van der Waals surface area contributed by atoms with E-state index in [1.165, 1.54) is 23.5 Å². The van der Waals surface area contributed by atoms with Gasteiger partial charge < -0.3 is 14.8 Å². The maximum absolute atomic E-state index is 12.7. The summed E-state index contributed by atoms with van der Waals surface area (Å²) < 4.78 is 43.6. The van der Waals surface area contributed by atoms with Crippen LogP contribution >= 0.6 is 11.3 Å². The van der Waals surface area contributed by atoms with Crippen LogP contribution in [0.5, 0.6) is 0 Å².